The van der Waals surface area contributed by atoms with Crippen LogP contribution in [0.3, 0.4) is 0 Å². The summed E-state index contributed by atoms with van der Waals surface area (Å²) in [5.74, 6) is -0.310. The summed E-state index contributed by atoms with van der Waals surface area (Å²) in [4.78, 5) is 10.5. The zero-order chi connectivity index (χ0) is 8.69. The van der Waals surface area contributed by atoms with Crippen LogP contribution < -0.4 is 0 Å². The molecule has 0 aromatic heterocycles. The summed E-state index contributed by atoms with van der Waals surface area (Å²) in [7, 11) is -0.460. The molecule has 0 saturated carbocycles. The third-order valence-corrected chi connectivity index (χ3v) is 2.90. The number of carbonyl (C=O) groups excluding carboxylic acids is 1. The van der Waals surface area contributed by atoms with E-state index in [9.17, 15) is 4.79 Å². The van der Waals surface area contributed by atoms with Gasteiger partial charge in [0.2, 0.25) is 0 Å². The zero-order valence-corrected chi connectivity index (χ0v) is 8.45. The molecule has 0 spiro atoms. The predicted molar refractivity (Wildman–Crippen MR) is 49.5 cm³/mol. The predicted octanol–water partition coefficient (Wildman–Crippen LogP) is 1.59. The lowest BCUT2D eigenvalue weighted by Gasteiger charge is -2.02. The molecule has 0 atom stereocenters. The molecule has 0 aliphatic heterocycles. The van der Waals surface area contributed by atoms with E-state index in [-0.39, 0.29) is 5.97 Å². The van der Waals surface area contributed by atoms with Gasteiger partial charge in [-0.25, -0.2) is 4.79 Å². The molecule has 0 N–H and O–H groups in total. The highest BCUT2D eigenvalue weighted by Crippen LogP contribution is 1.97. The molecule has 0 aliphatic rings. The van der Waals surface area contributed by atoms with Crippen LogP contribution in [0.4, 0.5) is 0 Å². The molecule has 11 heavy (non-hydrogen) atoms. The van der Waals surface area contributed by atoms with Crippen molar-refractivity contribution in [1.29, 1.82) is 0 Å². The number of hydrogen-bond donors (Lipinski definition) is 0. The Kier molecular flexibility index (Phi) is 5.84. The first-order valence-electron chi connectivity index (χ1n) is 3.96. The summed E-state index contributed by atoms with van der Waals surface area (Å²) >= 11 is 0. The van der Waals surface area contributed by atoms with Gasteiger partial charge >= 0.3 is 5.97 Å². The summed E-state index contributed by atoms with van der Waals surface area (Å²) in [6.45, 7) is 8.43. The molecule has 0 aromatic carbocycles. The minimum absolute atomic E-state index is 0.310. The van der Waals surface area contributed by atoms with Gasteiger partial charge < -0.3 is 4.74 Å². The van der Waals surface area contributed by atoms with Gasteiger partial charge in [-0.15, -0.1) is 0 Å². The SMILES string of the molecule is C=CC(=O)OCCC[SiH](C)C. The van der Waals surface area contributed by atoms with Crippen LogP contribution >= 0.6 is 0 Å². The number of ether oxygens (including phenoxy) is 1. The van der Waals surface area contributed by atoms with Crippen molar-refractivity contribution in [3.05, 3.63) is 12.7 Å². The molecule has 0 amide bonds. The van der Waals surface area contributed by atoms with Crippen LogP contribution in [0.25, 0.3) is 0 Å². The van der Waals surface area contributed by atoms with Crippen LogP contribution in [-0.4, -0.2) is 21.4 Å². The Morgan fingerprint density at radius 2 is 2.27 bits per heavy atom. The largest absolute Gasteiger partial charge is 0.463 e. The Labute approximate surface area is 69.9 Å². The van der Waals surface area contributed by atoms with Gasteiger partial charge in [0, 0.05) is 14.9 Å². The summed E-state index contributed by atoms with van der Waals surface area (Å²) in [6, 6.07) is 1.24. The first kappa shape index (κ1) is 10.4. The van der Waals surface area contributed by atoms with Crippen molar-refractivity contribution in [1.82, 2.24) is 0 Å². The molecule has 0 unspecified atom stereocenters. The van der Waals surface area contributed by atoms with E-state index < -0.39 is 8.80 Å². The van der Waals surface area contributed by atoms with Crippen LogP contribution in [0.2, 0.25) is 19.1 Å². The monoisotopic (exact) mass is 172 g/mol. The Morgan fingerprint density at radius 3 is 2.73 bits per heavy atom. The Balaban J connectivity index is 3.14. The van der Waals surface area contributed by atoms with Crippen LogP contribution in [0.1, 0.15) is 6.42 Å². The van der Waals surface area contributed by atoms with E-state index in [4.69, 9.17) is 4.74 Å². The number of carbonyl (C=O) groups is 1. The Morgan fingerprint density at radius 1 is 1.64 bits per heavy atom. The Bertz CT molecular complexity index is 132. The highest BCUT2D eigenvalue weighted by Gasteiger charge is 1.97. The van der Waals surface area contributed by atoms with Crippen LogP contribution in [0.5, 0.6) is 0 Å². The molecular formula is C8H16O2Si. The van der Waals surface area contributed by atoms with Crippen molar-refractivity contribution in [2.75, 3.05) is 6.61 Å². The Hall–Kier alpha value is -0.573. The van der Waals surface area contributed by atoms with Gasteiger partial charge in [-0.2, -0.15) is 0 Å². The van der Waals surface area contributed by atoms with Crippen LogP contribution in [-0.2, 0) is 9.53 Å². The molecule has 0 radical (unpaired) electrons. The summed E-state index contributed by atoms with van der Waals surface area (Å²) in [6.07, 6.45) is 2.20. The molecular weight excluding hydrogens is 156 g/mol. The van der Waals surface area contributed by atoms with Crippen molar-refractivity contribution < 1.29 is 9.53 Å². The lowest BCUT2D eigenvalue weighted by atomic mass is 10.5. The fraction of sp³-hybridized carbons (Fsp3) is 0.625. The second-order valence-corrected chi connectivity index (χ2v) is 6.27. The maximum Gasteiger partial charge on any atom is 0.330 e. The lowest BCUT2D eigenvalue weighted by Crippen LogP contribution is -2.05. The molecule has 0 aromatic rings. The van der Waals surface area contributed by atoms with Crippen LogP contribution in [0, 0.1) is 0 Å². The molecule has 0 aliphatic carbocycles. The minimum Gasteiger partial charge on any atom is -0.463 e. The topological polar surface area (TPSA) is 26.3 Å². The summed E-state index contributed by atoms with van der Waals surface area (Å²) in [5.41, 5.74) is 0. The van der Waals surface area contributed by atoms with E-state index in [2.05, 4.69) is 19.7 Å². The molecule has 0 heterocycles. The van der Waals surface area contributed by atoms with E-state index in [0.717, 1.165) is 6.42 Å². The van der Waals surface area contributed by atoms with Crippen molar-refractivity contribution in [2.45, 2.75) is 25.6 Å². The second kappa shape index (κ2) is 6.16. The van der Waals surface area contributed by atoms with Crippen molar-refractivity contribution in [3.63, 3.8) is 0 Å². The molecule has 2 nitrogen and oxygen atoms in total. The molecule has 0 bridgehead atoms. The lowest BCUT2D eigenvalue weighted by molar-refractivity contribution is -0.137. The van der Waals surface area contributed by atoms with E-state index in [1.54, 1.807) is 0 Å². The molecule has 0 saturated heterocycles. The molecule has 64 valence electrons. The first-order chi connectivity index (χ1) is 5.16. The van der Waals surface area contributed by atoms with Crippen molar-refractivity contribution in [2.24, 2.45) is 0 Å². The fourth-order valence-corrected chi connectivity index (χ4v) is 1.71. The quantitative estimate of drug-likeness (QED) is 0.272. The number of rotatable bonds is 5. The maximum absolute atomic E-state index is 10.5. The fourth-order valence-electron chi connectivity index (χ4n) is 0.723. The smallest absolute Gasteiger partial charge is 0.330 e. The molecule has 0 rings (SSSR count). The number of hydrogen-bond acceptors (Lipinski definition) is 2. The normalized spacial score (nSPS) is 9.73. The number of esters is 1. The molecule has 3 heteroatoms. The van der Waals surface area contributed by atoms with Gasteiger partial charge in [-0.3, -0.25) is 0 Å². The minimum atomic E-state index is -0.460. The van der Waals surface area contributed by atoms with Crippen LogP contribution in [0.15, 0.2) is 12.7 Å². The van der Waals surface area contributed by atoms with Crippen molar-refractivity contribution >= 4 is 14.8 Å². The third kappa shape index (κ3) is 7.32. The zero-order valence-electron chi connectivity index (χ0n) is 7.30. The van der Waals surface area contributed by atoms with E-state index in [0.29, 0.717) is 6.61 Å². The standard InChI is InChI=1S/C8H16O2Si/c1-4-8(9)10-6-5-7-11(2)3/h4,11H,1,5-7H2,2-3H3. The van der Waals surface area contributed by atoms with Crippen molar-refractivity contribution in [3.8, 4) is 0 Å². The highest BCUT2D eigenvalue weighted by molar-refractivity contribution is 6.55. The third-order valence-electron chi connectivity index (χ3n) is 1.34. The van der Waals surface area contributed by atoms with E-state index in [1.165, 1.54) is 12.1 Å². The average molecular weight is 172 g/mol. The average Bonchev–Trinajstić information content (AvgIpc) is 1.97. The van der Waals surface area contributed by atoms with Gasteiger partial charge in [0.15, 0.2) is 0 Å². The molecule has 0 fully saturated rings. The first-order valence-corrected chi connectivity index (χ1v) is 7.08. The second-order valence-electron chi connectivity index (χ2n) is 2.91. The highest BCUT2D eigenvalue weighted by atomic mass is 28.3. The van der Waals surface area contributed by atoms with Gasteiger partial charge in [0.05, 0.1) is 6.61 Å². The van der Waals surface area contributed by atoms with Gasteiger partial charge in [-0.05, 0) is 6.42 Å². The van der Waals surface area contributed by atoms with Gasteiger partial charge in [-0.1, -0.05) is 25.7 Å². The van der Waals surface area contributed by atoms with E-state index >= 15 is 0 Å². The van der Waals surface area contributed by atoms with Gasteiger partial charge in [0.25, 0.3) is 0 Å². The summed E-state index contributed by atoms with van der Waals surface area (Å²) in [5, 5.41) is 0. The van der Waals surface area contributed by atoms with Gasteiger partial charge in [0.1, 0.15) is 0 Å². The summed E-state index contributed by atoms with van der Waals surface area (Å²) < 4.78 is 4.81. The maximum atomic E-state index is 10.5. The van der Waals surface area contributed by atoms with E-state index in [1.807, 2.05) is 0 Å².